The van der Waals surface area contributed by atoms with E-state index >= 15 is 0 Å². The fraction of sp³-hybridized carbons (Fsp3) is 0.172. The average Bonchev–Trinajstić information content (AvgIpc) is 3.39. The van der Waals surface area contributed by atoms with Gasteiger partial charge >= 0.3 is 0 Å². The van der Waals surface area contributed by atoms with Gasteiger partial charge in [0.2, 0.25) is 0 Å². The minimum atomic E-state index is -0.298. The van der Waals surface area contributed by atoms with Crippen molar-refractivity contribution < 1.29 is 9.13 Å². The topological polar surface area (TPSA) is 64.0 Å². The van der Waals surface area contributed by atoms with Crippen LogP contribution in [0.1, 0.15) is 11.3 Å². The van der Waals surface area contributed by atoms with Gasteiger partial charge in [0.05, 0.1) is 16.8 Å². The summed E-state index contributed by atoms with van der Waals surface area (Å²) in [5, 5.41) is 8.21. The molecule has 5 rings (SSSR count). The van der Waals surface area contributed by atoms with E-state index in [-0.39, 0.29) is 12.4 Å². The van der Waals surface area contributed by atoms with Crippen LogP contribution in [-0.4, -0.2) is 33.1 Å². The Bertz CT molecular complexity index is 1540. The molecule has 9 heteroatoms. The largest absolute Gasteiger partial charge is 0.487 e. The molecule has 0 amide bonds. The maximum absolute atomic E-state index is 13.4. The number of fused-ring (bicyclic) bond motifs is 1. The number of halogens is 2. The zero-order valence-corrected chi connectivity index (χ0v) is 22.5. The number of ether oxygens (including phenoxy) is 1. The second-order valence-electron chi connectivity index (χ2n) is 8.70. The summed E-state index contributed by atoms with van der Waals surface area (Å²) in [5.41, 5.74) is 4.54. The first-order chi connectivity index (χ1) is 18.6. The Morgan fingerprint density at radius 3 is 2.79 bits per heavy atom. The highest BCUT2D eigenvalue weighted by molar-refractivity contribution is 7.77. The van der Waals surface area contributed by atoms with Crippen molar-refractivity contribution in [2.45, 2.75) is 13.2 Å². The molecule has 0 saturated carbocycles. The highest BCUT2D eigenvalue weighted by atomic mass is 35.5. The van der Waals surface area contributed by atoms with E-state index < -0.39 is 0 Å². The number of nitrogens with one attached hydrogen (secondary N) is 2. The van der Waals surface area contributed by atoms with Crippen molar-refractivity contribution in [3.8, 4) is 11.4 Å². The van der Waals surface area contributed by atoms with Gasteiger partial charge in [-0.05, 0) is 78.0 Å². The maximum atomic E-state index is 13.4. The van der Waals surface area contributed by atoms with Crippen LogP contribution >= 0.6 is 11.6 Å². The Balaban J connectivity index is 1.34. The molecule has 6 nitrogen and oxygen atoms in total. The van der Waals surface area contributed by atoms with Crippen LogP contribution in [-0.2, 0) is 24.9 Å². The zero-order chi connectivity index (χ0) is 26.3. The Labute approximate surface area is 230 Å². The number of benzene rings is 3. The van der Waals surface area contributed by atoms with Crippen molar-refractivity contribution in [1.29, 1.82) is 0 Å². The van der Waals surface area contributed by atoms with Crippen LogP contribution in [0.2, 0.25) is 5.02 Å². The van der Waals surface area contributed by atoms with E-state index in [4.69, 9.17) is 16.3 Å². The summed E-state index contributed by atoms with van der Waals surface area (Å²) in [4.78, 5) is 8.94. The van der Waals surface area contributed by atoms with Crippen LogP contribution in [0, 0.1) is 5.82 Å². The van der Waals surface area contributed by atoms with Gasteiger partial charge in [0, 0.05) is 41.7 Å². The summed E-state index contributed by atoms with van der Waals surface area (Å²) >= 11 is 7.89. The van der Waals surface area contributed by atoms with Crippen LogP contribution < -0.4 is 15.4 Å². The fourth-order valence-corrected chi connectivity index (χ4v) is 4.75. The van der Waals surface area contributed by atoms with Gasteiger partial charge in [-0.3, -0.25) is 0 Å². The number of hydrogen-bond acceptors (Lipinski definition) is 5. The third-order valence-electron chi connectivity index (χ3n) is 6.03. The molecule has 2 aromatic heterocycles. The van der Waals surface area contributed by atoms with Gasteiger partial charge in [-0.15, -0.1) is 0 Å². The lowest BCUT2D eigenvalue weighted by molar-refractivity contribution is 0.306. The molecule has 194 valence electrons. The van der Waals surface area contributed by atoms with Crippen LogP contribution in [0.4, 0.5) is 15.9 Å². The number of thiol groups is 1. The third-order valence-corrected chi connectivity index (χ3v) is 6.99. The number of rotatable bonds is 11. The van der Waals surface area contributed by atoms with E-state index in [1.54, 1.807) is 30.6 Å². The number of anilines is 2. The molecule has 0 aliphatic heterocycles. The summed E-state index contributed by atoms with van der Waals surface area (Å²) in [6, 6.07) is 22.1. The predicted octanol–water partition coefficient (Wildman–Crippen LogP) is 6.07. The normalized spacial score (nSPS) is 11.1. The summed E-state index contributed by atoms with van der Waals surface area (Å²) in [5.74, 6) is 2.03. The van der Waals surface area contributed by atoms with E-state index in [1.807, 2.05) is 12.1 Å². The summed E-state index contributed by atoms with van der Waals surface area (Å²) in [7, 11) is 0. The number of nitrogens with zero attached hydrogens (tertiary/aromatic N) is 3. The summed E-state index contributed by atoms with van der Waals surface area (Å²) in [6.07, 6.45) is 5.77. The van der Waals surface area contributed by atoms with Crippen molar-refractivity contribution in [3.63, 3.8) is 0 Å². The van der Waals surface area contributed by atoms with Gasteiger partial charge in [-0.1, -0.05) is 23.7 Å². The average molecular weight is 549 g/mol. The molecule has 0 aliphatic rings. The molecule has 3 aromatic carbocycles. The maximum Gasteiger partial charge on any atom is 0.141 e. The second kappa shape index (κ2) is 12.3. The Kier molecular flexibility index (Phi) is 8.43. The zero-order valence-electron chi connectivity index (χ0n) is 20.9. The molecule has 5 aromatic rings. The molecule has 0 fully saturated rings. The molecule has 2 heterocycles. The van der Waals surface area contributed by atoms with Crippen molar-refractivity contribution >= 4 is 45.8 Å². The summed E-state index contributed by atoms with van der Waals surface area (Å²) in [6.45, 7) is 2.00. The van der Waals surface area contributed by atoms with Gasteiger partial charge in [-0.2, -0.15) is 0 Å². The van der Waals surface area contributed by atoms with Crippen molar-refractivity contribution in [2.24, 2.45) is 0 Å². The van der Waals surface area contributed by atoms with Crippen molar-refractivity contribution in [3.05, 3.63) is 107 Å². The summed E-state index contributed by atoms with van der Waals surface area (Å²) < 4.78 is 21.4. The minimum absolute atomic E-state index is 0.221. The molecule has 0 aliphatic carbocycles. The van der Waals surface area contributed by atoms with Crippen LogP contribution in [0.25, 0.3) is 16.6 Å². The Morgan fingerprint density at radius 2 is 1.95 bits per heavy atom. The third kappa shape index (κ3) is 6.27. The van der Waals surface area contributed by atoms with E-state index in [1.165, 1.54) is 29.6 Å². The molecule has 0 saturated heterocycles. The van der Waals surface area contributed by atoms with Gasteiger partial charge in [0.25, 0.3) is 0 Å². The van der Waals surface area contributed by atoms with Crippen molar-refractivity contribution in [1.82, 2.24) is 19.9 Å². The van der Waals surface area contributed by atoms with Crippen LogP contribution in [0.15, 0.2) is 85.3 Å². The molecular weight excluding hydrogens is 521 g/mol. The predicted molar refractivity (Wildman–Crippen MR) is 156 cm³/mol. The lowest BCUT2D eigenvalue weighted by Crippen LogP contribution is -2.19. The molecule has 0 bridgehead atoms. The quantitative estimate of drug-likeness (QED) is 0.119. The van der Waals surface area contributed by atoms with Crippen molar-refractivity contribution in [2.75, 3.05) is 23.9 Å². The van der Waals surface area contributed by atoms with Gasteiger partial charge in [0.15, 0.2) is 0 Å². The Morgan fingerprint density at radius 1 is 1.03 bits per heavy atom. The van der Waals surface area contributed by atoms with Crippen LogP contribution in [0.5, 0.6) is 5.75 Å². The monoisotopic (exact) mass is 548 g/mol. The fourth-order valence-electron chi connectivity index (χ4n) is 4.13. The van der Waals surface area contributed by atoms with Gasteiger partial charge in [0.1, 0.15) is 36.1 Å². The molecule has 0 spiro atoms. The lowest BCUT2D eigenvalue weighted by Gasteiger charge is -2.14. The highest BCUT2D eigenvalue weighted by Crippen LogP contribution is 2.31. The molecule has 0 unspecified atom stereocenters. The smallest absolute Gasteiger partial charge is 0.141 e. The van der Waals surface area contributed by atoms with Gasteiger partial charge < -0.3 is 19.9 Å². The molecule has 0 atom stereocenters. The van der Waals surface area contributed by atoms with Gasteiger partial charge in [-0.25, -0.2) is 14.4 Å². The van der Waals surface area contributed by atoms with Crippen LogP contribution in [0.3, 0.4) is 0 Å². The lowest BCUT2D eigenvalue weighted by atomic mass is 10.2. The molecule has 38 heavy (non-hydrogen) atoms. The van der Waals surface area contributed by atoms with E-state index in [0.717, 1.165) is 46.7 Å². The Hall–Kier alpha value is -3.59. The first kappa shape index (κ1) is 26.0. The van der Waals surface area contributed by atoms with E-state index in [0.29, 0.717) is 16.6 Å². The molecule has 0 radical (unpaired) electrons. The SMILES string of the molecule is C[SH+]CCNCc1cccn1-c1ccc2ncnc(Nc3ccc(OCc4cccc(F)c4)c(Cl)c3)c2c1. The minimum Gasteiger partial charge on any atom is -0.487 e. The molecule has 2 N–H and O–H groups in total. The first-order valence-electron chi connectivity index (χ1n) is 12.2. The number of aromatic nitrogens is 3. The van der Waals surface area contributed by atoms with E-state index in [9.17, 15) is 4.39 Å². The standard InChI is InChI=1S/C29H27ClFN5OS/c1-38-13-11-32-17-24-6-3-12-36(24)23-8-9-27-25(16-23)29(34-19-33-27)35-22-7-10-28(26(30)15-22)37-18-20-4-2-5-21(31)14-20/h2-10,12,14-16,19,32H,11,13,17-18H2,1H3,(H,33,34,35)/p+1. The van der Waals surface area contributed by atoms with E-state index in [2.05, 4.69) is 61.9 Å². The second-order valence-corrected chi connectivity index (χ2v) is 10.2. The number of hydrogen-bond donors (Lipinski definition) is 2. The first-order valence-corrected chi connectivity index (χ1v) is 14.1. The molecular formula is C29H28ClFN5OS+. The highest BCUT2D eigenvalue weighted by Gasteiger charge is 2.11.